The number of aliphatic hydroxyl groups excluding tert-OH is 1. The number of furan rings is 1. The minimum Gasteiger partial charge on any atom is -0.467 e. The molecule has 2 heterocycles. The maximum absolute atomic E-state index is 9.93. The van der Waals surface area contributed by atoms with Crippen LogP contribution in [0.4, 0.5) is 0 Å². The molecule has 5 heteroatoms. The molecular weight excluding hydrogens is 248 g/mol. The zero-order valence-electron chi connectivity index (χ0n) is 10.6. The summed E-state index contributed by atoms with van der Waals surface area (Å²) in [6.45, 7) is 4.78. The van der Waals surface area contributed by atoms with Crippen LogP contribution in [-0.2, 0) is 6.54 Å². The van der Waals surface area contributed by atoms with E-state index in [-0.39, 0.29) is 6.04 Å². The molecule has 2 N–H and O–H groups in total. The van der Waals surface area contributed by atoms with Crippen LogP contribution in [0.5, 0.6) is 0 Å². The summed E-state index contributed by atoms with van der Waals surface area (Å²) in [5.41, 5.74) is 1.06. The lowest BCUT2D eigenvalue weighted by Gasteiger charge is -2.15. The van der Waals surface area contributed by atoms with E-state index in [1.54, 1.807) is 29.7 Å². The van der Waals surface area contributed by atoms with Gasteiger partial charge in [-0.2, -0.15) is 0 Å². The molecule has 0 aliphatic heterocycles. The number of aromatic nitrogens is 1. The Hall–Kier alpha value is -1.17. The van der Waals surface area contributed by atoms with Gasteiger partial charge in [-0.25, -0.2) is 4.98 Å². The van der Waals surface area contributed by atoms with Crippen LogP contribution < -0.4 is 5.32 Å². The van der Waals surface area contributed by atoms with E-state index in [2.05, 4.69) is 10.3 Å². The number of thiazole rings is 1. The molecule has 2 aromatic heterocycles. The second-order valence-electron chi connectivity index (χ2n) is 4.43. The molecule has 0 unspecified atom stereocenters. The van der Waals surface area contributed by atoms with Gasteiger partial charge in [0.15, 0.2) is 0 Å². The van der Waals surface area contributed by atoms with Crippen molar-refractivity contribution in [2.24, 2.45) is 0 Å². The summed E-state index contributed by atoms with van der Waals surface area (Å²) >= 11 is 1.65. The van der Waals surface area contributed by atoms with Crippen LogP contribution in [0.2, 0.25) is 0 Å². The molecule has 2 aromatic rings. The first-order valence-electron chi connectivity index (χ1n) is 6.01. The summed E-state index contributed by atoms with van der Waals surface area (Å²) in [7, 11) is 0. The number of hydrogen-bond acceptors (Lipinski definition) is 5. The minimum atomic E-state index is -0.555. The monoisotopic (exact) mass is 266 g/mol. The summed E-state index contributed by atoms with van der Waals surface area (Å²) < 4.78 is 5.17. The molecule has 0 aliphatic carbocycles. The summed E-state index contributed by atoms with van der Waals surface area (Å²) in [6.07, 6.45) is 1.65. The fraction of sp³-hybridized carbons (Fsp3) is 0.462. The number of hydrogen-bond donors (Lipinski definition) is 2. The average Bonchev–Trinajstić information content (AvgIpc) is 2.97. The van der Waals surface area contributed by atoms with Gasteiger partial charge in [0.2, 0.25) is 0 Å². The van der Waals surface area contributed by atoms with Crippen LogP contribution >= 0.6 is 11.3 Å². The molecule has 0 fully saturated rings. The van der Waals surface area contributed by atoms with E-state index in [0.29, 0.717) is 12.2 Å². The topological polar surface area (TPSA) is 58.3 Å². The van der Waals surface area contributed by atoms with Crippen molar-refractivity contribution < 1.29 is 9.52 Å². The Bertz CT molecular complexity index is 467. The van der Waals surface area contributed by atoms with Crippen molar-refractivity contribution in [3.63, 3.8) is 0 Å². The first-order chi connectivity index (χ1) is 8.65. The molecule has 0 saturated carbocycles. The Morgan fingerprint density at radius 3 is 3.00 bits per heavy atom. The Morgan fingerprint density at radius 2 is 2.39 bits per heavy atom. The normalized spacial score (nSPS) is 14.6. The number of rotatable bonds is 6. The van der Waals surface area contributed by atoms with Crippen molar-refractivity contribution in [1.82, 2.24) is 10.3 Å². The second-order valence-corrected chi connectivity index (χ2v) is 5.37. The van der Waals surface area contributed by atoms with Crippen LogP contribution in [0.15, 0.2) is 28.2 Å². The summed E-state index contributed by atoms with van der Waals surface area (Å²) in [6, 6.07) is 3.78. The third kappa shape index (κ3) is 3.66. The Labute approximate surface area is 111 Å². The van der Waals surface area contributed by atoms with E-state index in [4.69, 9.17) is 4.42 Å². The summed E-state index contributed by atoms with van der Waals surface area (Å²) in [4.78, 5) is 4.39. The van der Waals surface area contributed by atoms with E-state index in [9.17, 15) is 5.11 Å². The smallest absolute Gasteiger partial charge is 0.132 e. The highest BCUT2D eigenvalue weighted by atomic mass is 32.1. The molecule has 0 radical (unpaired) electrons. The number of nitrogens with one attached hydrogen (secondary N) is 1. The molecule has 0 saturated heterocycles. The lowest BCUT2D eigenvalue weighted by Crippen LogP contribution is -2.27. The molecule has 2 rings (SSSR count). The molecule has 0 aromatic carbocycles. The SMILES string of the molecule is Cc1csc(CN[C@H](C)C[C@H](O)c2ccco2)n1. The maximum atomic E-state index is 9.93. The molecule has 18 heavy (non-hydrogen) atoms. The quantitative estimate of drug-likeness (QED) is 0.844. The Balaban J connectivity index is 1.76. The fourth-order valence-electron chi connectivity index (χ4n) is 1.76. The van der Waals surface area contributed by atoms with E-state index in [1.165, 1.54) is 0 Å². The van der Waals surface area contributed by atoms with Gasteiger partial charge < -0.3 is 14.8 Å². The largest absolute Gasteiger partial charge is 0.467 e. The number of aliphatic hydroxyl groups is 1. The second kappa shape index (κ2) is 6.13. The van der Waals surface area contributed by atoms with Gasteiger partial charge in [-0.05, 0) is 32.4 Å². The van der Waals surface area contributed by atoms with Gasteiger partial charge in [0.05, 0.1) is 6.26 Å². The van der Waals surface area contributed by atoms with Crippen LogP contribution in [0.3, 0.4) is 0 Å². The molecule has 0 aliphatic rings. The predicted molar refractivity (Wildman–Crippen MR) is 71.4 cm³/mol. The third-order valence-electron chi connectivity index (χ3n) is 2.72. The molecule has 98 valence electrons. The predicted octanol–water partition coefficient (Wildman–Crippen LogP) is 2.65. The molecule has 0 bridgehead atoms. The summed E-state index contributed by atoms with van der Waals surface area (Å²) in [5, 5.41) is 16.4. The van der Waals surface area contributed by atoms with Crippen molar-refractivity contribution in [2.75, 3.05) is 0 Å². The molecular formula is C13H18N2O2S. The van der Waals surface area contributed by atoms with Crippen molar-refractivity contribution in [2.45, 2.75) is 39.0 Å². The average molecular weight is 266 g/mol. The lowest BCUT2D eigenvalue weighted by atomic mass is 10.1. The molecule has 2 atom stereocenters. The van der Waals surface area contributed by atoms with E-state index >= 15 is 0 Å². The van der Waals surface area contributed by atoms with Gasteiger partial charge in [-0.3, -0.25) is 0 Å². The van der Waals surface area contributed by atoms with Crippen molar-refractivity contribution >= 4 is 11.3 Å². The van der Waals surface area contributed by atoms with Gasteiger partial charge in [0, 0.05) is 23.7 Å². The van der Waals surface area contributed by atoms with Gasteiger partial charge in [0.25, 0.3) is 0 Å². The first kappa shape index (κ1) is 13.3. The van der Waals surface area contributed by atoms with Gasteiger partial charge in [-0.1, -0.05) is 0 Å². The van der Waals surface area contributed by atoms with E-state index in [1.807, 2.05) is 19.2 Å². The minimum absolute atomic E-state index is 0.203. The van der Waals surface area contributed by atoms with Crippen LogP contribution in [0, 0.1) is 6.92 Å². The van der Waals surface area contributed by atoms with Crippen LogP contribution in [-0.4, -0.2) is 16.1 Å². The van der Waals surface area contributed by atoms with Crippen molar-refractivity contribution in [3.8, 4) is 0 Å². The highest BCUT2D eigenvalue weighted by Gasteiger charge is 2.14. The standard InChI is InChI=1S/C13H18N2O2S/c1-9(6-11(16)12-4-3-5-17-12)14-7-13-15-10(2)8-18-13/h3-5,8-9,11,14,16H,6-7H2,1-2H3/t9-,11+/m1/s1. The van der Waals surface area contributed by atoms with Crippen molar-refractivity contribution in [3.05, 3.63) is 40.2 Å². The maximum Gasteiger partial charge on any atom is 0.132 e. The lowest BCUT2D eigenvalue weighted by molar-refractivity contribution is 0.128. The van der Waals surface area contributed by atoms with E-state index in [0.717, 1.165) is 17.2 Å². The first-order valence-corrected chi connectivity index (χ1v) is 6.89. The van der Waals surface area contributed by atoms with Gasteiger partial charge in [-0.15, -0.1) is 11.3 Å². The highest BCUT2D eigenvalue weighted by Crippen LogP contribution is 2.18. The molecule has 0 amide bonds. The number of aryl methyl sites for hydroxylation is 1. The Morgan fingerprint density at radius 1 is 1.56 bits per heavy atom. The van der Waals surface area contributed by atoms with Crippen LogP contribution in [0.1, 0.15) is 35.9 Å². The fourth-order valence-corrected chi connectivity index (χ4v) is 2.48. The molecule has 0 spiro atoms. The zero-order valence-corrected chi connectivity index (χ0v) is 11.4. The van der Waals surface area contributed by atoms with Crippen LogP contribution in [0.25, 0.3) is 0 Å². The number of nitrogens with zero attached hydrogens (tertiary/aromatic N) is 1. The highest BCUT2D eigenvalue weighted by molar-refractivity contribution is 7.09. The van der Waals surface area contributed by atoms with Gasteiger partial charge >= 0.3 is 0 Å². The third-order valence-corrected chi connectivity index (χ3v) is 3.68. The van der Waals surface area contributed by atoms with Gasteiger partial charge in [0.1, 0.15) is 16.9 Å². The Kier molecular flexibility index (Phi) is 4.52. The molecule has 4 nitrogen and oxygen atoms in total. The van der Waals surface area contributed by atoms with E-state index < -0.39 is 6.10 Å². The summed E-state index contributed by atoms with van der Waals surface area (Å²) in [5.74, 6) is 0.619. The zero-order chi connectivity index (χ0) is 13.0. The van der Waals surface area contributed by atoms with Crippen molar-refractivity contribution in [1.29, 1.82) is 0 Å².